The summed E-state index contributed by atoms with van der Waals surface area (Å²) in [5.41, 5.74) is 2.34. The number of halogens is 2. The molecule has 1 aliphatic heterocycles. The minimum Gasteiger partial charge on any atom is -0.355 e. The number of hydrogen-bond donors (Lipinski definition) is 1. The third-order valence-electron chi connectivity index (χ3n) is 4.93. The normalized spacial score (nSPS) is 17.4. The average molecular weight is 437 g/mol. The van der Waals surface area contributed by atoms with Crippen LogP contribution in [0.3, 0.4) is 0 Å². The summed E-state index contributed by atoms with van der Waals surface area (Å²) >= 11 is 14.1. The van der Waals surface area contributed by atoms with Gasteiger partial charge in [-0.25, -0.2) is 0 Å². The van der Waals surface area contributed by atoms with E-state index in [1.807, 2.05) is 48.2 Å². The molecule has 150 valence electrons. The number of likely N-dealkylation sites (tertiary alicyclic amines) is 1. The lowest BCUT2D eigenvalue weighted by molar-refractivity contribution is -0.126. The summed E-state index contributed by atoms with van der Waals surface area (Å²) < 4.78 is 0. The highest BCUT2D eigenvalue weighted by atomic mass is 35.5. The molecule has 1 amide bonds. The number of benzene rings is 2. The molecule has 0 spiro atoms. The number of piperidine rings is 1. The number of carbonyl (C=O) groups excluding carboxylic acids is 1. The Kier molecular flexibility index (Phi) is 8.53. The Morgan fingerprint density at radius 2 is 2.04 bits per heavy atom. The summed E-state index contributed by atoms with van der Waals surface area (Å²) in [5, 5.41) is 4.67. The first-order chi connectivity index (χ1) is 13.6. The van der Waals surface area contributed by atoms with Crippen molar-refractivity contribution in [3.63, 3.8) is 0 Å². The van der Waals surface area contributed by atoms with Crippen molar-refractivity contribution in [3.8, 4) is 0 Å². The van der Waals surface area contributed by atoms with Crippen LogP contribution in [0.4, 0.5) is 0 Å². The second-order valence-electron chi connectivity index (χ2n) is 7.14. The van der Waals surface area contributed by atoms with Crippen molar-refractivity contribution < 1.29 is 4.79 Å². The van der Waals surface area contributed by atoms with E-state index in [0.717, 1.165) is 59.6 Å². The minimum atomic E-state index is 0.0640. The van der Waals surface area contributed by atoms with E-state index in [0.29, 0.717) is 6.54 Å². The third-order valence-corrected chi connectivity index (χ3v) is 6.57. The zero-order chi connectivity index (χ0) is 19.8. The topological polar surface area (TPSA) is 32.3 Å². The van der Waals surface area contributed by atoms with Crippen LogP contribution in [0.15, 0.2) is 48.5 Å². The lowest BCUT2D eigenvalue weighted by Crippen LogP contribution is -2.43. The fourth-order valence-electron chi connectivity index (χ4n) is 3.49. The zero-order valence-corrected chi connectivity index (χ0v) is 18.2. The SMILES string of the molecule is O=C(NCCSCc1cccc(Cl)c1)C1CCCN(Cc2ccccc2Cl)C1. The molecule has 28 heavy (non-hydrogen) atoms. The van der Waals surface area contributed by atoms with Crippen molar-refractivity contribution in [2.45, 2.75) is 25.1 Å². The maximum Gasteiger partial charge on any atom is 0.224 e. The van der Waals surface area contributed by atoms with Crippen molar-refractivity contribution in [2.24, 2.45) is 5.92 Å². The molecule has 6 heteroatoms. The maximum atomic E-state index is 12.6. The largest absolute Gasteiger partial charge is 0.355 e. The Balaban J connectivity index is 1.37. The second kappa shape index (κ2) is 11.1. The fraction of sp³-hybridized carbons (Fsp3) is 0.409. The molecular weight excluding hydrogens is 411 g/mol. The number of nitrogens with one attached hydrogen (secondary N) is 1. The van der Waals surface area contributed by atoms with Crippen molar-refractivity contribution in [3.05, 3.63) is 69.7 Å². The van der Waals surface area contributed by atoms with Gasteiger partial charge in [-0.2, -0.15) is 11.8 Å². The van der Waals surface area contributed by atoms with E-state index >= 15 is 0 Å². The second-order valence-corrected chi connectivity index (χ2v) is 9.09. The lowest BCUT2D eigenvalue weighted by atomic mass is 9.96. The molecule has 1 heterocycles. The molecule has 0 aromatic heterocycles. The van der Waals surface area contributed by atoms with E-state index in [1.54, 1.807) is 0 Å². The van der Waals surface area contributed by atoms with Crippen molar-refractivity contribution in [1.82, 2.24) is 10.2 Å². The van der Waals surface area contributed by atoms with Gasteiger partial charge < -0.3 is 5.32 Å². The van der Waals surface area contributed by atoms with E-state index in [4.69, 9.17) is 23.2 Å². The van der Waals surface area contributed by atoms with Crippen LogP contribution in [-0.2, 0) is 17.1 Å². The average Bonchev–Trinajstić information content (AvgIpc) is 2.70. The zero-order valence-electron chi connectivity index (χ0n) is 15.9. The Hall–Kier alpha value is -1.20. The Labute approximate surface area is 181 Å². The molecule has 1 fully saturated rings. The molecule has 1 atom stereocenters. The lowest BCUT2D eigenvalue weighted by Gasteiger charge is -2.32. The van der Waals surface area contributed by atoms with Gasteiger partial charge in [0.15, 0.2) is 0 Å². The van der Waals surface area contributed by atoms with E-state index in [-0.39, 0.29) is 11.8 Å². The summed E-state index contributed by atoms with van der Waals surface area (Å²) in [6, 6.07) is 15.9. The van der Waals surface area contributed by atoms with Gasteiger partial charge in [-0.05, 0) is 48.7 Å². The summed E-state index contributed by atoms with van der Waals surface area (Å²) in [5.74, 6) is 2.04. The van der Waals surface area contributed by atoms with Crippen LogP contribution >= 0.6 is 35.0 Å². The number of carbonyl (C=O) groups is 1. The molecule has 2 aromatic carbocycles. The van der Waals surface area contributed by atoms with E-state index < -0.39 is 0 Å². The molecule has 0 saturated carbocycles. The van der Waals surface area contributed by atoms with Gasteiger partial charge in [0.25, 0.3) is 0 Å². The maximum absolute atomic E-state index is 12.6. The van der Waals surface area contributed by atoms with Gasteiger partial charge in [-0.15, -0.1) is 0 Å². The molecule has 1 unspecified atom stereocenters. The molecular formula is C22H26Cl2N2OS. The van der Waals surface area contributed by atoms with Crippen LogP contribution in [0.2, 0.25) is 10.0 Å². The summed E-state index contributed by atoms with van der Waals surface area (Å²) in [6.07, 6.45) is 2.01. The number of thioether (sulfide) groups is 1. The molecule has 3 rings (SSSR count). The van der Waals surface area contributed by atoms with Crippen LogP contribution in [-0.4, -0.2) is 36.2 Å². The highest BCUT2D eigenvalue weighted by molar-refractivity contribution is 7.98. The molecule has 2 aromatic rings. The van der Waals surface area contributed by atoms with Crippen molar-refractivity contribution in [2.75, 3.05) is 25.4 Å². The van der Waals surface area contributed by atoms with Gasteiger partial charge >= 0.3 is 0 Å². The first kappa shape index (κ1) is 21.5. The van der Waals surface area contributed by atoms with Crippen LogP contribution < -0.4 is 5.32 Å². The quantitative estimate of drug-likeness (QED) is 0.573. The van der Waals surface area contributed by atoms with Crippen LogP contribution in [0, 0.1) is 5.92 Å². The van der Waals surface area contributed by atoms with E-state index in [2.05, 4.69) is 22.3 Å². The predicted molar refractivity (Wildman–Crippen MR) is 120 cm³/mol. The molecule has 3 nitrogen and oxygen atoms in total. The van der Waals surface area contributed by atoms with Gasteiger partial charge in [-0.3, -0.25) is 9.69 Å². The smallest absolute Gasteiger partial charge is 0.224 e. The number of rotatable bonds is 8. The van der Waals surface area contributed by atoms with Crippen LogP contribution in [0.5, 0.6) is 0 Å². The first-order valence-electron chi connectivity index (χ1n) is 9.67. The first-order valence-corrected chi connectivity index (χ1v) is 11.6. The summed E-state index contributed by atoms with van der Waals surface area (Å²) in [4.78, 5) is 14.9. The van der Waals surface area contributed by atoms with Crippen LogP contribution in [0.25, 0.3) is 0 Å². The third kappa shape index (κ3) is 6.70. The predicted octanol–water partition coefficient (Wildman–Crippen LogP) is 5.26. The number of hydrogen-bond acceptors (Lipinski definition) is 3. The molecule has 1 aliphatic rings. The minimum absolute atomic E-state index is 0.0640. The number of nitrogens with zero attached hydrogens (tertiary/aromatic N) is 1. The summed E-state index contributed by atoms with van der Waals surface area (Å²) in [6.45, 7) is 3.32. The molecule has 0 bridgehead atoms. The van der Waals surface area contributed by atoms with Crippen molar-refractivity contribution >= 4 is 40.9 Å². The van der Waals surface area contributed by atoms with Crippen molar-refractivity contribution in [1.29, 1.82) is 0 Å². The molecule has 1 saturated heterocycles. The Bertz CT molecular complexity index is 787. The van der Waals surface area contributed by atoms with E-state index in [9.17, 15) is 4.79 Å². The van der Waals surface area contributed by atoms with Gasteiger partial charge in [-0.1, -0.05) is 53.5 Å². The monoisotopic (exact) mass is 436 g/mol. The molecule has 0 radical (unpaired) electrons. The number of amides is 1. The summed E-state index contributed by atoms with van der Waals surface area (Å²) in [7, 11) is 0. The fourth-order valence-corrected chi connectivity index (χ4v) is 4.70. The van der Waals surface area contributed by atoms with Gasteiger partial charge in [0.05, 0.1) is 5.92 Å². The standard InChI is InChI=1S/C22H26Cl2N2OS/c23-20-8-3-5-17(13-20)16-28-12-10-25-22(27)19-7-4-11-26(15-19)14-18-6-1-2-9-21(18)24/h1-3,5-6,8-9,13,19H,4,7,10-12,14-16H2,(H,25,27). The van der Waals surface area contributed by atoms with Gasteiger partial charge in [0.2, 0.25) is 5.91 Å². The van der Waals surface area contributed by atoms with Gasteiger partial charge in [0.1, 0.15) is 0 Å². The van der Waals surface area contributed by atoms with Crippen LogP contribution in [0.1, 0.15) is 24.0 Å². The molecule has 0 aliphatic carbocycles. The highest BCUT2D eigenvalue weighted by Crippen LogP contribution is 2.22. The molecule has 1 N–H and O–H groups in total. The highest BCUT2D eigenvalue weighted by Gasteiger charge is 2.25. The van der Waals surface area contributed by atoms with Gasteiger partial charge in [0, 0.05) is 41.2 Å². The van der Waals surface area contributed by atoms with E-state index in [1.165, 1.54) is 5.56 Å². The Morgan fingerprint density at radius 1 is 1.18 bits per heavy atom. The Morgan fingerprint density at radius 3 is 2.86 bits per heavy atom.